The van der Waals surface area contributed by atoms with E-state index in [-0.39, 0.29) is 18.6 Å². The monoisotopic (exact) mass is 386 g/mol. The van der Waals surface area contributed by atoms with Crippen LogP contribution in [-0.4, -0.2) is 12.5 Å². The van der Waals surface area contributed by atoms with E-state index in [4.69, 9.17) is 10.5 Å². The number of thiophene rings is 1. The fraction of sp³-hybridized carbons (Fsp3) is 0.154. The Balaban J connectivity index is 1.93. The Kier molecular flexibility index (Phi) is 3.46. The number of benzene rings is 1. The van der Waals surface area contributed by atoms with Crippen molar-refractivity contribution in [3.63, 3.8) is 0 Å². The maximum Gasteiger partial charge on any atom is 0.262 e. The molecule has 1 aliphatic heterocycles. The van der Waals surface area contributed by atoms with E-state index < -0.39 is 0 Å². The number of nitrogens with one attached hydrogen (secondary N) is 1. The van der Waals surface area contributed by atoms with Crippen LogP contribution in [0.1, 0.15) is 17.2 Å². The van der Waals surface area contributed by atoms with Gasteiger partial charge < -0.3 is 15.8 Å². The van der Waals surface area contributed by atoms with Gasteiger partial charge in [-0.2, -0.15) is 0 Å². The predicted molar refractivity (Wildman–Crippen MR) is 83.6 cm³/mol. The van der Waals surface area contributed by atoms with Crippen LogP contribution in [0.15, 0.2) is 29.6 Å². The number of hydrogen-bond donors (Lipinski definition) is 2. The molecule has 3 rings (SSSR count). The number of hydrogen-bond acceptors (Lipinski definition) is 4. The van der Waals surface area contributed by atoms with Gasteiger partial charge in [0.05, 0.1) is 14.6 Å². The summed E-state index contributed by atoms with van der Waals surface area (Å²) in [4.78, 5) is 11.3. The number of carbonyl (C=O) groups is 1. The minimum absolute atomic E-state index is 0.0706. The summed E-state index contributed by atoms with van der Waals surface area (Å²) in [6.07, 6.45) is 0. The highest BCUT2D eigenvalue weighted by Crippen LogP contribution is 2.32. The maximum absolute atomic E-state index is 11.3. The van der Waals surface area contributed by atoms with Crippen molar-refractivity contribution >= 4 is 45.5 Å². The average molecular weight is 386 g/mol. The second-order valence-electron chi connectivity index (χ2n) is 4.25. The first-order valence-electron chi connectivity index (χ1n) is 5.69. The third-order valence-corrected chi connectivity index (χ3v) is 4.75. The van der Waals surface area contributed by atoms with Crippen LogP contribution in [0, 0.1) is 2.88 Å². The number of fused-ring (bicyclic) bond motifs is 1. The minimum Gasteiger partial charge on any atom is -0.482 e. The van der Waals surface area contributed by atoms with Gasteiger partial charge in [-0.05, 0) is 57.3 Å². The van der Waals surface area contributed by atoms with Crippen LogP contribution in [-0.2, 0) is 4.79 Å². The lowest BCUT2D eigenvalue weighted by Gasteiger charge is -2.20. The first-order valence-corrected chi connectivity index (χ1v) is 7.65. The molecule has 0 aliphatic carbocycles. The first-order chi connectivity index (χ1) is 9.13. The van der Waals surface area contributed by atoms with Gasteiger partial charge in [0.25, 0.3) is 5.91 Å². The Labute approximate surface area is 128 Å². The van der Waals surface area contributed by atoms with Crippen molar-refractivity contribution in [3.05, 3.63) is 43.7 Å². The van der Waals surface area contributed by atoms with Crippen molar-refractivity contribution in [1.82, 2.24) is 0 Å². The largest absolute Gasteiger partial charge is 0.482 e. The molecule has 98 valence electrons. The Morgan fingerprint density at radius 2 is 2.21 bits per heavy atom. The molecule has 6 heteroatoms. The highest BCUT2D eigenvalue weighted by Gasteiger charge is 2.18. The van der Waals surface area contributed by atoms with E-state index in [0.29, 0.717) is 11.4 Å². The second kappa shape index (κ2) is 5.10. The van der Waals surface area contributed by atoms with Gasteiger partial charge in [0.2, 0.25) is 0 Å². The lowest BCUT2D eigenvalue weighted by atomic mass is 10.0. The van der Waals surface area contributed by atoms with E-state index in [1.165, 1.54) is 2.88 Å². The van der Waals surface area contributed by atoms with Crippen LogP contribution in [0.3, 0.4) is 0 Å². The first kappa shape index (κ1) is 12.9. The molecule has 1 aromatic carbocycles. The van der Waals surface area contributed by atoms with Crippen molar-refractivity contribution in [2.75, 3.05) is 11.9 Å². The number of anilines is 1. The standard InChI is InChI=1S/C13H11IN2O2S/c14-11-4-8(6-19-11)13(15)7-1-2-10-9(3-7)16-12(17)5-18-10/h1-4,6,13H,5,15H2,(H,16,17). The van der Waals surface area contributed by atoms with Gasteiger partial charge >= 0.3 is 0 Å². The molecule has 1 unspecified atom stereocenters. The lowest BCUT2D eigenvalue weighted by Crippen LogP contribution is -2.25. The number of ether oxygens (including phenoxy) is 1. The Hall–Kier alpha value is -1.12. The van der Waals surface area contributed by atoms with E-state index in [2.05, 4.69) is 39.4 Å². The Morgan fingerprint density at radius 1 is 1.37 bits per heavy atom. The zero-order valence-corrected chi connectivity index (χ0v) is 12.8. The molecule has 0 radical (unpaired) electrons. The van der Waals surface area contributed by atoms with Gasteiger partial charge in [-0.15, -0.1) is 11.3 Å². The third kappa shape index (κ3) is 2.60. The normalized spacial score (nSPS) is 15.4. The van der Waals surface area contributed by atoms with Gasteiger partial charge in [-0.3, -0.25) is 4.79 Å². The number of carbonyl (C=O) groups excluding carboxylic acids is 1. The summed E-state index contributed by atoms with van der Waals surface area (Å²) in [6, 6.07) is 7.54. The summed E-state index contributed by atoms with van der Waals surface area (Å²) in [5.74, 6) is 0.554. The van der Waals surface area contributed by atoms with Gasteiger partial charge in [0.15, 0.2) is 6.61 Å². The lowest BCUT2D eigenvalue weighted by molar-refractivity contribution is -0.118. The van der Waals surface area contributed by atoms with Gasteiger partial charge in [0, 0.05) is 0 Å². The topological polar surface area (TPSA) is 64.3 Å². The summed E-state index contributed by atoms with van der Waals surface area (Å²) in [5, 5.41) is 4.85. The molecule has 2 heterocycles. The Morgan fingerprint density at radius 3 is 2.95 bits per heavy atom. The molecule has 4 nitrogen and oxygen atoms in total. The van der Waals surface area contributed by atoms with E-state index in [1.54, 1.807) is 11.3 Å². The molecule has 0 saturated carbocycles. The van der Waals surface area contributed by atoms with Crippen molar-refractivity contribution in [3.8, 4) is 5.75 Å². The molecular formula is C13H11IN2O2S. The highest BCUT2D eigenvalue weighted by molar-refractivity contribution is 14.1. The fourth-order valence-corrected chi connectivity index (χ4v) is 3.38. The number of rotatable bonds is 2. The second-order valence-corrected chi connectivity index (χ2v) is 7.06. The predicted octanol–water partition coefficient (Wildman–Crippen LogP) is 2.73. The molecule has 0 bridgehead atoms. The molecule has 1 aliphatic rings. The zero-order chi connectivity index (χ0) is 13.4. The smallest absolute Gasteiger partial charge is 0.262 e. The molecule has 1 amide bonds. The van der Waals surface area contributed by atoms with E-state index in [9.17, 15) is 4.79 Å². The molecule has 1 aromatic heterocycles. The molecule has 19 heavy (non-hydrogen) atoms. The van der Waals surface area contributed by atoms with Crippen molar-refractivity contribution in [2.45, 2.75) is 6.04 Å². The molecular weight excluding hydrogens is 375 g/mol. The van der Waals surface area contributed by atoms with Crippen molar-refractivity contribution in [2.24, 2.45) is 5.73 Å². The molecule has 0 fully saturated rings. The van der Waals surface area contributed by atoms with Crippen molar-refractivity contribution in [1.29, 1.82) is 0 Å². The molecule has 2 aromatic rings. The Bertz CT molecular complexity index is 641. The zero-order valence-electron chi connectivity index (χ0n) is 9.85. The SMILES string of the molecule is NC(c1csc(I)c1)c1ccc2c(c1)NC(=O)CO2. The van der Waals surface area contributed by atoms with Gasteiger partial charge in [0.1, 0.15) is 5.75 Å². The fourth-order valence-electron chi connectivity index (χ4n) is 1.97. The maximum atomic E-state index is 11.3. The van der Waals surface area contributed by atoms with E-state index >= 15 is 0 Å². The summed E-state index contributed by atoms with van der Waals surface area (Å²) < 4.78 is 6.53. The van der Waals surface area contributed by atoms with Crippen LogP contribution in [0.25, 0.3) is 0 Å². The van der Waals surface area contributed by atoms with Crippen LogP contribution in [0.4, 0.5) is 5.69 Å². The quantitative estimate of drug-likeness (QED) is 0.781. The molecule has 1 atom stereocenters. The molecule has 3 N–H and O–H groups in total. The summed E-state index contributed by atoms with van der Waals surface area (Å²) in [5.41, 5.74) is 8.97. The van der Waals surface area contributed by atoms with E-state index in [1.807, 2.05) is 18.2 Å². The molecule has 0 saturated heterocycles. The number of halogens is 1. The van der Waals surface area contributed by atoms with Crippen LogP contribution < -0.4 is 15.8 Å². The van der Waals surface area contributed by atoms with Crippen molar-refractivity contribution < 1.29 is 9.53 Å². The van der Waals surface area contributed by atoms with Gasteiger partial charge in [-0.1, -0.05) is 6.07 Å². The molecule has 0 spiro atoms. The number of amides is 1. The van der Waals surface area contributed by atoms with Crippen LogP contribution >= 0.6 is 33.9 Å². The third-order valence-electron chi connectivity index (χ3n) is 2.94. The van der Waals surface area contributed by atoms with E-state index in [0.717, 1.165) is 11.1 Å². The number of nitrogens with two attached hydrogens (primary N) is 1. The summed E-state index contributed by atoms with van der Waals surface area (Å²) >= 11 is 3.95. The van der Waals surface area contributed by atoms with Crippen LogP contribution in [0.5, 0.6) is 5.75 Å². The van der Waals surface area contributed by atoms with Gasteiger partial charge in [-0.25, -0.2) is 0 Å². The summed E-state index contributed by atoms with van der Waals surface area (Å²) in [7, 11) is 0. The highest BCUT2D eigenvalue weighted by atomic mass is 127. The summed E-state index contributed by atoms with van der Waals surface area (Å²) in [6.45, 7) is 0.0706. The average Bonchev–Trinajstić information content (AvgIpc) is 2.83. The van der Waals surface area contributed by atoms with Crippen LogP contribution in [0.2, 0.25) is 0 Å². The minimum atomic E-state index is -0.191.